The summed E-state index contributed by atoms with van der Waals surface area (Å²) < 4.78 is 5.38. The molecule has 0 atom stereocenters. The fourth-order valence-corrected chi connectivity index (χ4v) is 4.18. The van der Waals surface area contributed by atoms with Gasteiger partial charge in [0.25, 0.3) is 0 Å². The minimum absolute atomic E-state index is 0.758. The molecule has 22 heavy (non-hydrogen) atoms. The van der Waals surface area contributed by atoms with E-state index in [1.165, 1.54) is 16.0 Å². The summed E-state index contributed by atoms with van der Waals surface area (Å²) in [7, 11) is 1.68. The van der Waals surface area contributed by atoms with E-state index in [-0.39, 0.29) is 0 Å². The Morgan fingerprint density at radius 3 is 3.00 bits per heavy atom. The van der Waals surface area contributed by atoms with Crippen molar-refractivity contribution in [3.8, 4) is 5.75 Å². The van der Waals surface area contributed by atoms with E-state index in [2.05, 4.69) is 16.4 Å². The molecule has 2 aromatic rings. The van der Waals surface area contributed by atoms with Gasteiger partial charge in [0.2, 0.25) is 0 Å². The SMILES string of the molecule is COc1cccnc1CSc1c(Cl)ccc2c1CCNCC2. The van der Waals surface area contributed by atoms with Crippen LogP contribution in [-0.4, -0.2) is 25.2 Å². The van der Waals surface area contributed by atoms with Gasteiger partial charge in [-0.2, -0.15) is 0 Å². The molecule has 0 spiro atoms. The van der Waals surface area contributed by atoms with Gasteiger partial charge in [0.05, 0.1) is 17.8 Å². The number of benzene rings is 1. The highest BCUT2D eigenvalue weighted by atomic mass is 35.5. The quantitative estimate of drug-likeness (QED) is 0.864. The van der Waals surface area contributed by atoms with Crippen LogP contribution in [0.5, 0.6) is 5.75 Å². The Kier molecular flexibility index (Phi) is 5.24. The molecule has 1 N–H and O–H groups in total. The molecule has 1 aliphatic heterocycles. The van der Waals surface area contributed by atoms with Crippen molar-refractivity contribution >= 4 is 23.4 Å². The molecule has 0 aliphatic carbocycles. The summed E-state index contributed by atoms with van der Waals surface area (Å²) in [6.07, 6.45) is 3.89. The van der Waals surface area contributed by atoms with Crippen molar-refractivity contribution in [2.45, 2.75) is 23.5 Å². The minimum Gasteiger partial charge on any atom is -0.495 e. The summed E-state index contributed by atoms with van der Waals surface area (Å²) in [6.45, 7) is 2.04. The van der Waals surface area contributed by atoms with Crippen molar-refractivity contribution in [1.82, 2.24) is 10.3 Å². The number of hydrogen-bond acceptors (Lipinski definition) is 4. The summed E-state index contributed by atoms with van der Waals surface area (Å²) in [4.78, 5) is 5.61. The third-order valence-electron chi connectivity index (χ3n) is 3.85. The smallest absolute Gasteiger partial charge is 0.141 e. The minimum atomic E-state index is 0.758. The van der Waals surface area contributed by atoms with Crippen molar-refractivity contribution < 1.29 is 4.74 Å². The maximum Gasteiger partial charge on any atom is 0.141 e. The number of ether oxygens (including phenoxy) is 1. The van der Waals surface area contributed by atoms with E-state index in [9.17, 15) is 0 Å². The molecule has 1 aromatic heterocycles. The molecule has 0 fully saturated rings. The topological polar surface area (TPSA) is 34.1 Å². The Morgan fingerprint density at radius 1 is 1.27 bits per heavy atom. The lowest BCUT2D eigenvalue weighted by atomic mass is 10.0. The molecule has 0 amide bonds. The second-order valence-corrected chi connectivity index (χ2v) is 6.60. The lowest BCUT2D eigenvalue weighted by Crippen LogP contribution is -2.16. The van der Waals surface area contributed by atoms with Gasteiger partial charge in [0.1, 0.15) is 5.75 Å². The zero-order chi connectivity index (χ0) is 15.4. The first-order valence-electron chi connectivity index (χ1n) is 7.41. The first-order valence-corrected chi connectivity index (χ1v) is 8.77. The molecule has 3 rings (SSSR count). The second-order valence-electron chi connectivity index (χ2n) is 5.21. The van der Waals surface area contributed by atoms with Gasteiger partial charge in [-0.25, -0.2) is 0 Å². The Bertz CT molecular complexity index is 663. The van der Waals surface area contributed by atoms with Gasteiger partial charge >= 0.3 is 0 Å². The Labute approximate surface area is 140 Å². The number of methoxy groups -OCH3 is 1. The summed E-state index contributed by atoms with van der Waals surface area (Å²) in [5, 5.41) is 4.28. The highest BCUT2D eigenvalue weighted by Gasteiger charge is 2.16. The van der Waals surface area contributed by atoms with Crippen molar-refractivity contribution in [3.05, 3.63) is 52.3 Å². The predicted octanol–water partition coefficient (Wildman–Crippen LogP) is 3.72. The Hall–Kier alpha value is -1.23. The molecular formula is C17H19ClN2OS. The predicted molar refractivity (Wildman–Crippen MR) is 92.1 cm³/mol. The fourth-order valence-electron chi connectivity index (χ4n) is 2.72. The van der Waals surface area contributed by atoms with Crippen molar-refractivity contribution in [2.75, 3.05) is 20.2 Å². The van der Waals surface area contributed by atoms with Crippen LogP contribution < -0.4 is 10.1 Å². The van der Waals surface area contributed by atoms with E-state index in [0.29, 0.717) is 0 Å². The summed E-state index contributed by atoms with van der Waals surface area (Å²) in [5.41, 5.74) is 3.75. The molecule has 0 radical (unpaired) electrons. The lowest BCUT2D eigenvalue weighted by Gasteiger charge is -2.14. The zero-order valence-corrected chi connectivity index (χ0v) is 14.1. The van der Waals surface area contributed by atoms with Gasteiger partial charge in [-0.05, 0) is 55.3 Å². The van der Waals surface area contributed by atoms with Crippen LogP contribution in [0, 0.1) is 0 Å². The summed E-state index contributed by atoms with van der Waals surface area (Å²) in [6, 6.07) is 8.01. The van der Waals surface area contributed by atoms with Crippen LogP contribution in [-0.2, 0) is 18.6 Å². The molecule has 5 heteroatoms. The van der Waals surface area contributed by atoms with E-state index >= 15 is 0 Å². The molecule has 0 unspecified atom stereocenters. The van der Waals surface area contributed by atoms with Gasteiger partial charge in [0, 0.05) is 16.8 Å². The zero-order valence-electron chi connectivity index (χ0n) is 12.6. The monoisotopic (exact) mass is 334 g/mol. The third-order valence-corrected chi connectivity index (χ3v) is 5.45. The fraction of sp³-hybridized carbons (Fsp3) is 0.353. The van der Waals surface area contributed by atoms with Gasteiger partial charge < -0.3 is 10.1 Å². The highest BCUT2D eigenvalue weighted by molar-refractivity contribution is 7.98. The lowest BCUT2D eigenvalue weighted by molar-refractivity contribution is 0.409. The van der Waals surface area contributed by atoms with Crippen LogP contribution in [0.4, 0.5) is 0 Å². The highest BCUT2D eigenvalue weighted by Crippen LogP contribution is 2.36. The summed E-state index contributed by atoms with van der Waals surface area (Å²) in [5.74, 6) is 1.59. The molecule has 2 heterocycles. The van der Waals surface area contributed by atoms with Crippen molar-refractivity contribution in [3.63, 3.8) is 0 Å². The second kappa shape index (κ2) is 7.36. The number of nitrogens with one attached hydrogen (secondary N) is 1. The number of thioether (sulfide) groups is 1. The first-order chi connectivity index (χ1) is 10.8. The molecule has 0 saturated heterocycles. The largest absolute Gasteiger partial charge is 0.495 e. The Morgan fingerprint density at radius 2 is 2.14 bits per heavy atom. The average Bonchev–Trinajstić information content (AvgIpc) is 2.79. The van der Waals surface area contributed by atoms with Gasteiger partial charge in [-0.3, -0.25) is 4.98 Å². The molecule has 1 aromatic carbocycles. The molecule has 1 aliphatic rings. The molecular weight excluding hydrogens is 316 g/mol. The Balaban J connectivity index is 1.86. The van der Waals surface area contributed by atoms with Crippen LogP contribution in [0.25, 0.3) is 0 Å². The number of rotatable bonds is 4. The normalized spacial score (nSPS) is 14.3. The van der Waals surface area contributed by atoms with E-state index < -0.39 is 0 Å². The summed E-state index contributed by atoms with van der Waals surface area (Å²) >= 11 is 8.21. The van der Waals surface area contributed by atoms with Crippen LogP contribution in [0.15, 0.2) is 35.4 Å². The third kappa shape index (κ3) is 3.40. The van der Waals surface area contributed by atoms with Crippen LogP contribution in [0.3, 0.4) is 0 Å². The number of aromatic nitrogens is 1. The van der Waals surface area contributed by atoms with Crippen molar-refractivity contribution in [2.24, 2.45) is 0 Å². The van der Waals surface area contributed by atoms with Crippen LogP contribution in [0.1, 0.15) is 16.8 Å². The first kappa shape index (κ1) is 15.7. The van der Waals surface area contributed by atoms with E-state index in [0.717, 1.165) is 48.2 Å². The standard InChI is InChI=1S/C17H19ClN2OS/c1-21-16-3-2-8-20-15(16)11-22-17-13-7-10-19-9-6-12(13)4-5-14(17)18/h2-5,8,19H,6-7,9-11H2,1H3. The van der Waals surface area contributed by atoms with Crippen LogP contribution in [0.2, 0.25) is 5.02 Å². The van der Waals surface area contributed by atoms with Gasteiger partial charge in [-0.1, -0.05) is 17.7 Å². The van der Waals surface area contributed by atoms with Gasteiger partial charge in [0.15, 0.2) is 0 Å². The number of pyridine rings is 1. The number of fused-ring (bicyclic) bond motifs is 1. The van der Waals surface area contributed by atoms with E-state index in [4.69, 9.17) is 16.3 Å². The van der Waals surface area contributed by atoms with Gasteiger partial charge in [-0.15, -0.1) is 11.8 Å². The number of nitrogens with zero attached hydrogens (tertiary/aromatic N) is 1. The maximum atomic E-state index is 6.46. The molecule has 0 bridgehead atoms. The number of hydrogen-bond donors (Lipinski definition) is 1. The average molecular weight is 335 g/mol. The van der Waals surface area contributed by atoms with Crippen LogP contribution >= 0.6 is 23.4 Å². The molecule has 3 nitrogen and oxygen atoms in total. The number of halogens is 1. The van der Waals surface area contributed by atoms with E-state index in [1.807, 2.05) is 18.2 Å². The van der Waals surface area contributed by atoms with E-state index in [1.54, 1.807) is 25.1 Å². The molecule has 116 valence electrons. The maximum absolute atomic E-state index is 6.46. The van der Waals surface area contributed by atoms with Crippen molar-refractivity contribution in [1.29, 1.82) is 0 Å². The molecule has 0 saturated carbocycles.